The third-order valence-electron chi connectivity index (χ3n) is 2.72. The molecule has 2 aromatic rings. The molecule has 1 aromatic heterocycles. The molecular weight excluding hydrogens is 437 g/mol. The number of rotatable bonds is 5. The molecule has 0 radical (unpaired) electrons. The van der Waals surface area contributed by atoms with Crippen molar-refractivity contribution in [2.24, 2.45) is 11.6 Å². The van der Waals surface area contributed by atoms with Crippen molar-refractivity contribution in [1.82, 2.24) is 9.97 Å². The van der Waals surface area contributed by atoms with Crippen molar-refractivity contribution in [2.75, 3.05) is 12.1 Å². The lowest BCUT2D eigenvalue weighted by molar-refractivity contribution is 0.397. The van der Waals surface area contributed by atoms with E-state index in [0.717, 1.165) is 5.56 Å². The summed E-state index contributed by atoms with van der Waals surface area (Å²) in [6, 6.07) is 7.04. The summed E-state index contributed by atoms with van der Waals surface area (Å²) in [7, 11) is 2.92. The fourth-order valence-corrected chi connectivity index (χ4v) is 2.43. The number of halogens is 2. The molecule has 0 amide bonds. The zero-order valence-corrected chi connectivity index (χ0v) is 15.3. The summed E-state index contributed by atoms with van der Waals surface area (Å²) in [6.45, 7) is 0. The van der Waals surface area contributed by atoms with Gasteiger partial charge in [-0.25, -0.2) is 15.8 Å². The van der Waals surface area contributed by atoms with E-state index in [1.165, 1.54) is 20.3 Å². The largest absolute Gasteiger partial charge is 0.481 e. The molecule has 9 heteroatoms. The van der Waals surface area contributed by atoms with Crippen molar-refractivity contribution in [3.8, 4) is 17.1 Å². The zero-order chi connectivity index (χ0) is 16.1. The van der Waals surface area contributed by atoms with Crippen LogP contribution < -0.4 is 21.3 Å². The Morgan fingerprint density at radius 2 is 2.18 bits per heavy atom. The Labute approximate surface area is 149 Å². The number of ether oxygens (including phenoxy) is 1. The smallest absolute Gasteiger partial charge is 0.216 e. The molecule has 0 saturated carbocycles. The van der Waals surface area contributed by atoms with Gasteiger partial charge in [-0.1, -0.05) is 11.6 Å². The SMILES string of the molecule is COc1cc(-c2cc(Cl)ccc2N(N)/C=C(\N)SI)ncn1. The minimum atomic E-state index is 0.456. The van der Waals surface area contributed by atoms with E-state index in [1.54, 1.807) is 37.6 Å². The van der Waals surface area contributed by atoms with E-state index in [0.29, 0.717) is 27.3 Å². The minimum absolute atomic E-state index is 0.456. The highest BCUT2D eigenvalue weighted by atomic mass is 127. The van der Waals surface area contributed by atoms with Crippen molar-refractivity contribution in [1.29, 1.82) is 0 Å². The molecular formula is C13H13ClIN5OS. The highest BCUT2D eigenvalue weighted by Gasteiger charge is 2.12. The molecule has 116 valence electrons. The fraction of sp³-hybridized carbons (Fsp3) is 0.0769. The van der Waals surface area contributed by atoms with E-state index in [-0.39, 0.29) is 0 Å². The molecule has 0 bridgehead atoms. The number of hydrogen-bond donors (Lipinski definition) is 2. The van der Waals surface area contributed by atoms with E-state index in [2.05, 4.69) is 31.2 Å². The Morgan fingerprint density at radius 1 is 1.41 bits per heavy atom. The maximum Gasteiger partial charge on any atom is 0.216 e. The summed E-state index contributed by atoms with van der Waals surface area (Å²) in [6.07, 6.45) is 3.05. The second kappa shape index (κ2) is 7.86. The van der Waals surface area contributed by atoms with Gasteiger partial charge in [-0.3, -0.25) is 5.01 Å². The van der Waals surface area contributed by atoms with Crippen LogP contribution in [-0.2, 0) is 0 Å². The fourth-order valence-electron chi connectivity index (χ4n) is 1.76. The van der Waals surface area contributed by atoms with Crippen LogP contribution in [0.3, 0.4) is 0 Å². The second-order valence-corrected chi connectivity index (χ2v) is 6.51. The number of hydrazine groups is 1. The molecule has 6 nitrogen and oxygen atoms in total. The van der Waals surface area contributed by atoms with Gasteiger partial charge in [0.05, 0.1) is 29.7 Å². The summed E-state index contributed by atoms with van der Waals surface area (Å²) in [5.41, 5.74) is 7.90. The van der Waals surface area contributed by atoms with E-state index >= 15 is 0 Å². The average molecular weight is 450 g/mol. The Hall–Kier alpha value is -1.23. The van der Waals surface area contributed by atoms with E-state index in [4.69, 9.17) is 27.9 Å². The third kappa shape index (κ3) is 4.15. The van der Waals surface area contributed by atoms with Gasteiger partial charge in [0.25, 0.3) is 0 Å². The highest BCUT2D eigenvalue weighted by Crippen LogP contribution is 2.33. The molecule has 0 aliphatic heterocycles. The van der Waals surface area contributed by atoms with E-state index in [9.17, 15) is 0 Å². The maximum atomic E-state index is 6.10. The molecule has 0 atom stereocenters. The molecule has 0 aliphatic rings. The number of aromatic nitrogens is 2. The molecule has 1 aromatic carbocycles. The quantitative estimate of drug-likeness (QED) is 0.411. The maximum absolute atomic E-state index is 6.10. The van der Waals surface area contributed by atoms with Crippen LogP contribution in [0.25, 0.3) is 11.3 Å². The number of nitrogens with two attached hydrogens (primary N) is 2. The number of methoxy groups -OCH3 is 1. The summed E-state index contributed by atoms with van der Waals surface area (Å²) >= 11 is 8.18. The van der Waals surface area contributed by atoms with Crippen molar-refractivity contribution >= 4 is 47.4 Å². The molecule has 22 heavy (non-hydrogen) atoms. The normalized spacial score (nSPS) is 11.4. The summed E-state index contributed by atoms with van der Waals surface area (Å²) in [4.78, 5) is 8.25. The van der Waals surface area contributed by atoms with Gasteiger partial charge in [-0.15, -0.1) is 0 Å². The zero-order valence-electron chi connectivity index (χ0n) is 11.5. The van der Waals surface area contributed by atoms with Crippen LogP contribution >= 0.6 is 41.7 Å². The van der Waals surface area contributed by atoms with Gasteiger partial charge in [0.1, 0.15) is 6.33 Å². The highest BCUT2D eigenvalue weighted by molar-refractivity contribution is 14.2. The van der Waals surface area contributed by atoms with Crippen LogP contribution in [0.1, 0.15) is 0 Å². The number of benzene rings is 1. The second-order valence-electron chi connectivity index (χ2n) is 4.12. The minimum Gasteiger partial charge on any atom is -0.481 e. The monoisotopic (exact) mass is 449 g/mol. The third-order valence-corrected chi connectivity index (χ3v) is 4.76. The van der Waals surface area contributed by atoms with Crippen molar-refractivity contribution < 1.29 is 4.74 Å². The summed E-state index contributed by atoms with van der Waals surface area (Å²) in [5.74, 6) is 6.53. The Kier molecular flexibility index (Phi) is 6.12. The molecule has 0 fully saturated rings. The van der Waals surface area contributed by atoms with Crippen LogP contribution in [0.4, 0.5) is 5.69 Å². The van der Waals surface area contributed by atoms with Crippen LogP contribution in [0, 0.1) is 0 Å². The molecule has 0 spiro atoms. The van der Waals surface area contributed by atoms with Crippen molar-refractivity contribution in [3.63, 3.8) is 0 Å². The molecule has 0 saturated heterocycles. The van der Waals surface area contributed by atoms with E-state index in [1.807, 2.05) is 0 Å². The molecule has 0 unspecified atom stereocenters. The van der Waals surface area contributed by atoms with Gasteiger partial charge >= 0.3 is 0 Å². The first-order valence-corrected chi connectivity index (χ1v) is 9.74. The van der Waals surface area contributed by atoms with E-state index < -0.39 is 0 Å². The number of anilines is 1. The topological polar surface area (TPSA) is 90.3 Å². The van der Waals surface area contributed by atoms with Gasteiger partial charge in [0.2, 0.25) is 5.88 Å². The Bertz CT molecular complexity index is 700. The van der Waals surface area contributed by atoms with Crippen LogP contribution in [0.15, 0.2) is 41.8 Å². The number of nitrogens with zero attached hydrogens (tertiary/aromatic N) is 3. The van der Waals surface area contributed by atoms with Gasteiger partial charge in [-0.05, 0) is 27.1 Å². The van der Waals surface area contributed by atoms with Gasteiger partial charge < -0.3 is 10.5 Å². The summed E-state index contributed by atoms with van der Waals surface area (Å²) < 4.78 is 5.12. The van der Waals surface area contributed by atoms with Gasteiger partial charge in [0, 0.05) is 37.9 Å². The lowest BCUT2D eigenvalue weighted by Crippen LogP contribution is -2.26. The van der Waals surface area contributed by atoms with Gasteiger partial charge in [-0.2, -0.15) is 0 Å². The van der Waals surface area contributed by atoms with Crippen molar-refractivity contribution in [2.45, 2.75) is 0 Å². The predicted octanol–water partition coefficient (Wildman–Crippen LogP) is 3.33. The van der Waals surface area contributed by atoms with Crippen LogP contribution in [0.2, 0.25) is 5.02 Å². The van der Waals surface area contributed by atoms with Gasteiger partial charge in [0.15, 0.2) is 0 Å². The lowest BCUT2D eigenvalue weighted by atomic mass is 10.1. The Balaban J connectivity index is 2.52. The lowest BCUT2D eigenvalue weighted by Gasteiger charge is -2.18. The first-order valence-electron chi connectivity index (χ1n) is 6.01. The van der Waals surface area contributed by atoms with Crippen molar-refractivity contribution in [3.05, 3.63) is 46.8 Å². The molecule has 2 rings (SSSR count). The summed E-state index contributed by atoms with van der Waals surface area (Å²) in [5, 5.41) is 2.58. The Morgan fingerprint density at radius 3 is 2.86 bits per heavy atom. The van der Waals surface area contributed by atoms with Crippen LogP contribution in [0.5, 0.6) is 5.88 Å². The molecule has 1 heterocycles. The predicted molar refractivity (Wildman–Crippen MR) is 99.6 cm³/mol. The molecule has 4 N–H and O–H groups in total. The average Bonchev–Trinajstić information content (AvgIpc) is 2.54. The standard InChI is InChI=1S/C13H13ClIN5OS/c1-21-13-5-10(18-7-19-13)9-4-8(14)2-3-11(9)20(17)6-12(16)22-15/h2-7H,16-17H2,1H3/b12-6+. The first kappa shape index (κ1) is 17.1. The molecule has 0 aliphatic carbocycles. The first-order chi connectivity index (χ1) is 10.5. The van der Waals surface area contributed by atoms with Crippen LogP contribution in [-0.4, -0.2) is 17.1 Å². The number of hydrogen-bond acceptors (Lipinski definition) is 7.